The average molecular weight is 233 g/mol. The van der Waals surface area contributed by atoms with E-state index in [-0.39, 0.29) is 0 Å². The number of hydrogen-bond donors (Lipinski definition) is 1. The first-order valence-corrected chi connectivity index (χ1v) is 6.55. The molecule has 1 N–H and O–H groups in total. The zero-order valence-electron chi connectivity index (χ0n) is 11.7. The Kier molecular flexibility index (Phi) is 9.22. The van der Waals surface area contributed by atoms with Crippen LogP contribution >= 0.6 is 0 Å². The number of allylic oxidation sites excluding steroid dienone is 4. The first-order chi connectivity index (χ1) is 8.13. The van der Waals surface area contributed by atoms with Crippen LogP contribution in [0.2, 0.25) is 0 Å². The Morgan fingerprint density at radius 1 is 1.18 bits per heavy atom. The molecule has 0 fully saturated rings. The fourth-order valence-corrected chi connectivity index (χ4v) is 1.58. The van der Waals surface area contributed by atoms with E-state index in [1.165, 1.54) is 25.7 Å². The second-order valence-corrected chi connectivity index (χ2v) is 4.35. The van der Waals surface area contributed by atoms with E-state index in [4.69, 9.17) is 0 Å². The molecule has 0 aromatic heterocycles. The molecule has 0 radical (unpaired) electrons. The third kappa shape index (κ3) is 7.62. The van der Waals surface area contributed by atoms with Gasteiger partial charge in [-0.05, 0) is 31.4 Å². The van der Waals surface area contributed by atoms with Gasteiger partial charge in [0.2, 0.25) is 0 Å². The lowest BCUT2D eigenvalue weighted by molar-refractivity contribution is 0.638. The fraction of sp³-hybridized carbons (Fsp3) is 0.500. The van der Waals surface area contributed by atoms with Gasteiger partial charge in [0.05, 0.1) is 0 Å². The molecule has 0 unspecified atom stereocenters. The molecule has 0 aliphatic heterocycles. The summed E-state index contributed by atoms with van der Waals surface area (Å²) in [6, 6.07) is 0. The summed E-state index contributed by atoms with van der Waals surface area (Å²) < 4.78 is 0. The molecule has 0 aromatic carbocycles. The molecule has 1 nitrogen and oxygen atoms in total. The molecule has 0 spiro atoms. The zero-order valence-corrected chi connectivity index (χ0v) is 11.7. The Hall–Kier alpha value is -1.24. The molecule has 0 aliphatic rings. The molecule has 0 heterocycles. The molecular formula is C16H27N. The van der Waals surface area contributed by atoms with E-state index >= 15 is 0 Å². The maximum Gasteiger partial charge on any atom is 0.0343 e. The monoisotopic (exact) mass is 233 g/mol. The van der Waals surface area contributed by atoms with Crippen LogP contribution in [0.1, 0.15) is 46.5 Å². The van der Waals surface area contributed by atoms with Gasteiger partial charge in [0, 0.05) is 12.2 Å². The summed E-state index contributed by atoms with van der Waals surface area (Å²) in [6.07, 6.45) is 11.2. The van der Waals surface area contributed by atoms with Crippen molar-refractivity contribution in [2.24, 2.45) is 0 Å². The third-order valence-electron chi connectivity index (χ3n) is 2.61. The van der Waals surface area contributed by atoms with E-state index in [0.29, 0.717) is 0 Å². The molecule has 1 heteroatoms. The summed E-state index contributed by atoms with van der Waals surface area (Å²) in [5, 5.41) is 3.37. The standard InChI is InChI=1S/C16H27N/c1-6-8-10-11-13-17-15(5)16(14(3)4)12-9-7-2/h7,9,12,17H,3,5-6,8,10-11,13H2,1-2,4H3/b9-7-,16-12+. The molecule has 0 saturated carbocycles. The lowest BCUT2D eigenvalue weighted by Gasteiger charge is -2.13. The minimum atomic E-state index is 0.979. The molecule has 0 rings (SSSR count). The van der Waals surface area contributed by atoms with Crippen LogP contribution in [0.15, 0.2) is 48.2 Å². The van der Waals surface area contributed by atoms with E-state index in [2.05, 4.69) is 31.5 Å². The Bertz CT molecular complexity index is 295. The van der Waals surface area contributed by atoms with Crippen LogP contribution < -0.4 is 5.32 Å². The highest BCUT2D eigenvalue weighted by Gasteiger charge is 2.01. The Labute approximate surface area is 107 Å². The lowest BCUT2D eigenvalue weighted by atomic mass is 10.1. The first kappa shape index (κ1) is 15.8. The van der Waals surface area contributed by atoms with Crippen LogP contribution in [0.5, 0.6) is 0 Å². The Morgan fingerprint density at radius 2 is 1.88 bits per heavy atom. The number of unbranched alkanes of at least 4 members (excludes halogenated alkanes) is 3. The minimum absolute atomic E-state index is 0.979. The molecule has 0 amide bonds. The van der Waals surface area contributed by atoms with Crippen molar-refractivity contribution in [2.45, 2.75) is 46.5 Å². The molecule has 0 atom stereocenters. The van der Waals surface area contributed by atoms with E-state index in [0.717, 1.165) is 23.4 Å². The van der Waals surface area contributed by atoms with Crippen LogP contribution in [0.4, 0.5) is 0 Å². The lowest BCUT2D eigenvalue weighted by Crippen LogP contribution is -2.15. The molecule has 17 heavy (non-hydrogen) atoms. The topological polar surface area (TPSA) is 12.0 Å². The average Bonchev–Trinajstić information content (AvgIpc) is 2.29. The molecule has 0 saturated heterocycles. The number of nitrogens with one attached hydrogen (secondary N) is 1. The van der Waals surface area contributed by atoms with Gasteiger partial charge in [-0.25, -0.2) is 0 Å². The summed E-state index contributed by atoms with van der Waals surface area (Å²) in [7, 11) is 0. The third-order valence-corrected chi connectivity index (χ3v) is 2.61. The summed E-state index contributed by atoms with van der Waals surface area (Å²) in [6.45, 7) is 15.3. The Morgan fingerprint density at radius 3 is 2.41 bits per heavy atom. The summed E-state index contributed by atoms with van der Waals surface area (Å²) in [5.41, 5.74) is 3.14. The van der Waals surface area contributed by atoms with Gasteiger partial charge in [-0.2, -0.15) is 0 Å². The Balaban J connectivity index is 4.12. The second-order valence-electron chi connectivity index (χ2n) is 4.35. The van der Waals surface area contributed by atoms with Crippen LogP contribution in [0, 0.1) is 0 Å². The van der Waals surface area contributed by atoms with Gasteiger partial charge in [-0.3, -0.25) is 0 Å². The van der Waals surface area contributed by atoms with Crippen molar-refractivity contribution < 1.29 is 0 Å². The van der Waals surface area contributed by atoms with Crippen LogP contribution in [0.25, 0.3) is 0 Å². The predicted octanol–water partition coefficient (Wildman–Crippen LogP) is 4.75. The van der Waals surface area contributed by atoms with Gasteiger partial charge in [-0.15, -0.1) is 0 Å². The van der Waals surface area contributed by atoms with Gasteiger partial charge in [0.15, 0.2) is 0 Å². The van der Waals surface area contributed by atoms with Gasteiger partial charge < -0.3 is 5.32 Å². The smallest absolute Gasteiger partial charge is 0.0343 e. The van der Waals surface area contributed by atoms with Gasteiger partial charge >= 0.3 is 0 Å². The highest BCUT2D eigenvalue weighted by atomic mass is 14.9. The van der Waals surface area contributed by atoms with Crippen LogP contribution in [0.3, 0.4) is 0 Å². The van der Waals surface area contributed by atoms with Gasteiger partial charge in [0.25, 0.3) is 0 Å². The maximum absolute atomic E-state index is 4.07. The summed E-state index contributed by atoms with van der Waals surface area (Å²) >= 11 is 0. The normalized spacial score (nSPS) is 11.8. The van der Waals surface area contributed by atoms with Crippen molar-refractivity contribution in [3.05, 3.63) is 48.2 Å². The molecular weight excluding hydrogens is 206 g/mol. The van der Waals surface area contributed by atoms with Crippen molar-refractivity contribution >= 4 is 0 Å². The highest BCUT2D eigenvalue weighted by Crippen LogP contribution is 2.14. The van der Waals surface area contributed by atoms with Crippen molar-refractivity contribution in [3.8, 4) is 0 Å². The van der Waals surface area contributed by atoms with Crippen molar-refractivity contribution in [2.75, 3.05) is 6.54 Å². The first-order valence-electron chi connectivity index (χ1n) is 6.55. The van der Waals surface area contributed by atoms with Gasteiger partial charge in [0.1, 0.15) is 0 Å². The molecule has 0 aliphatic carbocycles. The van der Waals surface area contributed by atoms with Crippen molar-refractivity contribution in [3.63, 3.8) is 0 Å². The van der Waals surface area contributed by atoms with E-state index in [1.54, 1.807) is 0 Å². The summed E-state index contributed by atoms with van der Waals surface area (Å²) in [5.74, 6) is 0. The maximum atomic E-state index is 4.07. The largest absolute Gasteiger partial charge is 0.385 e. The van der Waals surface area contributed by atoms with Gasteiger partial charge in [-0.1, -0.05) is 57.6 Å². The second kappa shape index (κ2) is 9.95. The predicted molar refractivity (Wildman–Crippen MR) is 79.0 cm³/mol. The van der Waals surface area contributed by atoms with E-state index in [9.17, 15) is 0 Å². The van der Waals surface area contributed by atoms with Crippen molar-refractivity contribution in [1.82, 2.24) is 5.32 Å². The minimum Gasteiger partial charge on any atom is -0.385 e. The highest BCUT2D eigenvalue weighted by molar-refractivity contribution is 5.43. The molecule has 0 bridgehead atoms. The molecule has 96 valence electrons. The van der Waals surface area contributed by atoms with Crippen LogP contribution in [-0.2, 0) is 0 Å². The van der Waals surface area contributed by atoms with Crippen LogP contribution in [-0.4, -0.2) is 6.54 Å². The number of hydrogen-bond acceptors (Lipinski definition) is 1. The fourth-order valence-electron chi connectivity index (χ4n) is 1.58. The van der Waals surface area contributed by atoms with E-state index < -0.39 is 0 Å². The zero-order chi connectivity index (χ0) is 13.1. The quantitative estimate of drug-likeness (QED) is 0.447. The van der Waals surface area contributed by atoms with E-state index in [1.807, 2.05) is 26.0 Å². The summed E-state index contributed by atoms with van der Waals surface area (Å²) in [4.78, 5) is 0. The SMILES string of the molecule is C=C(C)/C(=C\C=C/C)C(=C)NCCCCCC. The molecule has 0 aromatic rings. The number of rotatable bonds is 9. The van der Waals surface area contributed by atoms with Crippen molar-refractivity contribution in [1.29, 1.82) is 0 Å².